The van der Waals surface area contributed by atoms with Gasteiger partial charge in [0, 0.05) is 25.8 Å². The Hall–Kier alpha value is -2.01. The van der Waals surface area contributed by atoms with Gasteiger partial charge in [0.15, 0.2) is 11.5 Å². The van der Waals surface area contributed by atoms with Crippen molar-refractivity contribution < 1.29 is 19.0 Å². The number of methoxy groups -OCH3 is 2. The first kappa shape index (κ1) is 17.3. The average Bonchev–Trinajstić information content (AvgIpc) is 3.10. The lowest BCUT2D eigenvalue weighted by atomic mass is 10.1. The lowest BCUT2D eigenvalue weighted by molar-refractivity contribution is -0.127. The minimum atomic E-state index is -0.00205. The molecule has 5 nitrogen and oxygen atoms in total. The topological polar surface area (TPSA) is 48.0 Å². The Balaban J connectivity index is 2.01. The molecule has 0 N–H and O–H groups in total. The van der Waals surface area contributed by atoms with Crippen LogP contribution in [0.2, 0.25) is 0 Å². The Morgan fingerprint density at radius 2 is 2.13 bits per heavy atom. The summed E-state index contributed by atoms with van der Waals surface area (Å²) in [5, 5.41) is 0. The molecule has 0 aliphatic carbocycles. The number of ether oxygens (including phenoxy) is 3. The Bertz CT molecular complexity index is 550. The van der Waals surface area contributed by atoms with Crippen LogP contribution in [0, 0.1) is 0 Å². The number of hydrogen-bond donors (Lipinski definition) is 0. The van der Waals surface area contributed by atoms with Gasteiger partial charge in [0.2, 0.25) is 5.91 Å². The number of carbonyl (C=O) groups is 1. The minimum absolute atomic E-state index is 0.00205. The Morgan fingerprint density at radius 1 is 1.35 bits per heavy atom. The summed E-state index contributed by atoms with van der Waals surface area (Å²) >= 11 is 0. The molecule has 23 heavy (non-hydrogen) atoms. The van der Waals surface area contributed by atoms with Crippen LogP contribution in [-0.2, 0) is 9.53 Å². The molecule has 1 aliphatic rings. The normalized spacial score (nSPS) is 17.4. The zero-order valence-electron chi connectivity index (χ0n) is 14.1. The predicted octanol–water partition coefficient (Wildman–Crippen LogP) is 2.74. The van der Waals surface area contributed by atoms with E-state index >= 15 is 0 Å². The Labute approximate surface area is 137 Å². The van der Waals surface area contributed by atoms with Crippen LogP contribution in [0.5, 0.6) is 11.5 Å². The lowest BCUT2D eigenvalue weighted by Gasteiger charge is -2.22. The number of rotatable bonds is 7. The van der Waals surface area contributed by atoms with Crippen LogP contribution in [0.15, 0.2) is 24.3 Å². The molecule has 1 saturated heterocycles. The van der Waals surface area contributed by atoms with Crippen LogP contribution in [0.3, 0.4) is 0 Å². The van der Waals surface area contributed by atoms with Gasteiger partial charge in [-0.2, -0.15) is 0 Å². The summed E-state index contributed by atoms with van der Waals surface area (Å²) in [6.07, 6.45) is 5.68. The molecule has 0 radical (unpaired) electrons. The molecule has 1 heterocycles. The van der Waals surface area contributed by atoms with Crippen molar-refractivity contribution >= 4 is 12.0 Å². The van der Waals surface area contributed by atoms with E-state index in [1.165, 1.54) is 0 Å². The van der Waals surface area contributed by atoms with Crippen LogP contribution in [0.1, 0.15) is 25.3 Å². The van der Waals surface area contributed by atoms with Crippen molar-refractivity contribution in [3.8, 4) is 11.5 Å². The van der Waals surface area contributed by atoms with Gasteiger partial charge in [-0.25, -0.2) is 0 Å². The second kappa shape index (κ2) is 8.58. The SMILES string of the molecule is CCN(CC1CCCO1)C(=O)/C=C/c1ccc(OC)c(OC)c1. The van der Waals surface area contributed by atoms with E-state index in [4.69, 9.17) is 14.2 Å². The van der Waals surface area contributed by atoms with E-state index in [0.29, 0.717) is 24.6 Å². The van der Waals surface area contributed by atoms with E-state index in [0.717, 1.165) is 25.0 Å². The summed E-state index contributed by atoms with van der Waals surface area (Å²) in [6.45, 7) is 4.12. The fourth-order valence-corrected chi connectivity index (χ4v) is 2.64. The van der Waals surface area contributed by atoms with Gasteiger partial charge in [-0.15, -0.1) is 0 Å². The molecular weight excluding hydrogens is 294 g/mol. The van der Waals surface area contributed by atoms with Crippen molar-refractivity contribution in [2.24, 2.45) is 0 Å². The van der Waals surface area contributed by atoms with Gasteiger partial charge in [-0.1, -0.05) is 6.07 Å². The Kier molecular flexibility index (Phi) is 6.47. The third-order valence-corrected chi connectivity index (χ3v) is 3.97. The molecule has 0 saturated carbocycles. The molecule has 0 spiro atoms. The molecule has 2 rings (SSSR count). The summed E-state index contributed by atoms with van der Waals surface area (Å²) in [5.74, 6) is 1.32. The molecule has 0 bridgehead atoms. The van der Waals surface area contributed by atoms with E-state index in [1.54, 1.807) is 26.4 Å². The molecule has 1 aromatic carbocycles. The maximum Gasteiger partial charge on any atom is 0.246 e. The number of amides is 1. The maximum atomic E-state index is 12.3. The molecule has 126 valence electrons. The molecule has 1 atom stereocenters. The van der Waals surface area contributed by atoms with E-state index < -0.39 is 0 Å². The van der Waals surface area contributed by atoms with Crippen molar-refractivity contribution in [3.63, 3.8) is 0 Å². The van der Waals surface area contributed by atoms with Gasteiger partial charge in [0.1, 0.15) is 0 Å². The van der Waals surface area contributed by atoms with Gasteiger partial charge in [-0.3, -0.25) is 4.79 Å². The number of carbonyl (C=O) groups excluding carboxylic acids is 1. The summed E-state index contributed by atoms with van der Waals surface area (Å²) < 4.78 is 16.1. The van der Waals surface area contributed by atoms with Gasteiger partial charge < -0.3 is 19.1 Å². The molecule has 5 heteroatoms. The smallest absolute Gasteiger partial charge is 0.246 e. The maximum absolute atomic E-state index is 12.3. The van der Waals surface area contributed by atoms with E-state index in [1.807, 2.05) is 30.0 Å². The molecule has 1 fully saturated rings. The molecule has 1 unspecified atom stereocenters. The second-order valence-electron chi connectivity index (χ2n) is 5.46. The summed E-state index contributed by atoms with van der Waals surface area (Å²) in [7, 11) is 3.19. The second-order valence-corrected chi connectivity index (χ2v) is 5.46. The number of nitrogens with zero attached hydrogens (tertiary/aromatic N) is 1. The van der Waals surface area contributed by atoms with Gasteiger partial charge in [0.05, 0.1) is 20.3 Å². The zero-order chi connectivity index (χ0) is 16.7. The predicted molar refractivity (Wildman–Crippen MR) is 89.8 cm³/mol. The first-order valence-corrected chi connectivity index (χ1v) is 7.98. The van der Waals surface area contributed by atoms with Crippen LogP contribution in [-0.4, -0.2) is 50.8 Å². The zero-order valence-corrected chi connectivity index (χ0v) is 14.1. The van der Waals surface area contributed by atoms with E-state index in [-0.39, 0.29) is 12.0 Å². The van der Waals surface area contributed by atoms with Gasteiger partial charge in [0.25, 0.3) is 0 Å². The van der Waals surface area contributed by atoms with Crippen molar-refractivity contribution in [2.75, 3.05) is 33.9 Å². The van der Waals surface area contributed by atoms with Crippen molar-refractivity contribution in [3.05, 3.63) is 29.8 Å². The van der Waals surface area contributed by atoms with Crippen molar-refractivity contribution in [1.29, 1.82) is 0 Å². The molecule has 0 aromatic heterocycles. The molecule has 1 aliphatic heterocycles. The third kappa shape index (κ3) is 4.73. The highest BCUT2D eigenvalue weighted by Crippen LogP contribution is 2.28. The van der Waals surface area contributed by atoms with Crippen molar-refractivity contribution in [1.82, 2.24) is 4.90 Å². The Morgan fingerprint density at radius 3 is 2.74 bits per heavy atom. The van der Waals surface area contributed by atoms with Crippen molar-refractivity contribution in [2.45, 2.75) is 25.9 Å². The van der Waals surface area contributed by atoms with Crippen LogP contribution in [0.25, 0.3) is 6.08 Å². The number of benzene rings is 1. The highest BCUT2D eigenvalue weighted by Gasteiger charge is 2.20. The van der Waals surface area contributed by atoms with Gasteiger partial charge >= 0.3 is 0 Å². The van der Waals surface area contributed by atoms with Gasteiger partial charge in [-0.05, 0) is 43.5 Å². The first-order valence-electron chi connectivity index (χ1n) is 7.98. The highest BCUT2D eigenvalue weighted by molar-refractivity contribution is 5.91. The monoisotopic (exact) mass is 319 g/mol. The largest absolute Gasteiger partial charge is 0.493 e. The summed E-state index contributed by atoms with van der Waals surface area (Å²) in [6, 6.07) is 5.56. The van der Waals surface area contributed by atoms with Crippen LogP contribution in [0.4, 0.5) is 0 Å². The van der Waals surface area contributed by atoms with E-state index in [2.05, 4.69) is 0 Å². The standard InChI is InChI=1S/C18H25NO4/c1-4-19(13-15-6-5-11-23-15)18(20)10-8-14-7-9-16(21-2)17(12-14)22-3/h7-10,12,15H,4-6,11,13H2,1-3H3/b10-8+. The summed E-state index contributed by atoms with van der Waals surface area (Å²) in [5.41, 5.74) is 0.893. The lowest BCUT2D eigenvalue weighted by Crippen LogP contribution is -2.36. The average molecular weight is 319 g/mol. The van der Waals surface area contributed by atoms with Crippen LogP contribution >= 0.6 is 0 Å². The quantitative estimate of drug-likeness (QED) is 0.725. The summed E-state index contributed by atoms with van der Waals surface area (Å²) in [4.78, 5) is 14.2. The highest BCUT2D eigenvalue weighted by atomic mass is 16.5. The number of likely N-dealkylation sites (N-methyl/N-ethyl adjacent to an activating group) is 1. The number of hydrogen-bond acceptors (Lipinski definition) is 4. The minimum Gasteiger partial charge on any atom is -0.493 e. The first-order chi connectivity index (χ1) is 11.2. The molecule has 1 aromatic rings. The fraction of sp³-hybridized carbons (Fsp3) is 0.500. The third-order valence-electron chi connectivity index (χ3n) is 3.97. The van der Waals surface area contributed by atoms with Crippen LogP contribution < -0.4 is 9.47 Å². The fourth-order valence-electron chi connectivity index (χ4n) is 2.64. The molecular formula is C18H25NO4. The van der Waals surface area contributed by atoms with E-state index in [9.17, 15) is 4.79 Å². The molecule has 1 amide bonds.